The highest BCUT2D eigenvalue weighted by atomic mass is 32.2. The molecule has 1 aromatic heterocycles. The lowest BCUT2D eigenvalue weighted by molar-refractivity contribution is -0.129. The molecule has 22 heavy (non-hydrogen) atoms. The Morgan fingerprint density at radius 3 is 2.64 bits per heavy atom. The van der Waals surface area contributed by atoms with E-state index < -0.39 is 21.0 Å². The summed E-state index contributed by atoms with van der Waals surface area (Å²) in [6.45, 7) is 1.36. The van der Waals surface area contributed by atoms with Gasteiger partial charge in [0, 0.05) is 13.3 Å². The van der Waals surface area contributed by atoms with Crippen LogP contribution in [0.5, 0.6) is 0 Å². The van der Waals surface area contributed by atoms with Crippen LogP contribution >= 0.6 is 0 Å². The number of benzene rings is 1. The number of hydrogen-bond acceptors (Lipinski definition) is 5. The van der Waals surface area contributed by atoms with Crippen LogP contribution in [0.3, 0.4) is 0 Å². The van der Waals surface area contributed by atoms with Gasteiger partial charge in [-0.15, -0.1) is 0 Å². The Morgan fingerprint density at radius 1 is 1.36 bits per heavy atom. The summed E-state index contributed by atoms with van der Waals surface area (Å²) in [6.07, 6.45) is 1.01. The van der Waals surface area contributed by atoms with Crippen LogP contribution in [0, 0.1) is 0 Å². The molecule has 7 nitrogen and oxygen atoms in total. The lowest BCUT2D eigenvalue weighted by Crippen LogP contribution is -2.39. The number of sulfone groups is 1. The van der Waals surface area contributed by atoms with E-state index in [1.807, 2.05) is 0 Å². The van der Waals surface area contributed by atoms with E-state index in [0.29, 0.717) is 16.7 Å². The van der Waals surface area contributed by atoms with Crippen LogP contribution in [0.25, 0.3) is 10.9 Å². The maximum absolute atomic E-state index is 12.1. The van der Waals surface area contributed by atoms with Crippen LogP contribution < -0.4 is 5.56 Å². The number of carbonyl (C=O) groups is 1. The van der Waals surface area contributed by atoms with Crippen molar-refractivity contribution in [3.8, 4) is 0 Å². The summed E-state index contributed by atoms with van der Waals surface area (Å²) in [4.78, 5) is 32.1. The molecular weight excluding hydrogens is 306 g/mol. The molecule has 1 heterocycles. The fourth-order valence-electron chi connectivity index (χ4n) is 2.01. The predicted octanol–water partition coefficient (Wildman–Crippen LogP) is 0.315. The Bertz CT molecular complexity index is 873. The predicted molar refractivity (Wildman–Crippen MR) is 83.1 cm³/mol. The number of para-hydroxylation sites is 1. The van der Waals surface area contributed by atoms with Gasteiger partial charge in [0.15, 0.2) is 9.84 Å². The number of hydrogen-bond donors (Lipinski definition) is 1. The summed E-state index contributed by atoms with van der Waals surface area (Å²) in [5.74, 6) is -0.237. The molecule has 2 rings (SSSR count). The van der Waals surface area contributed by atoms with Gasteiger partial charge in [0.2, 0.25) is 5.91 Å². The van der Waals surface area contributed by atoms with Gasteiger partial charge in [-0.05, 0) is 19.1 Å². The average molecular weight is 323 g/mol. The maximum Gasteiger partial charge on any atom is 0.258 e. The molecule has 118 valence electrons. The second-order valence-corrected chi connectivity index (χ2v) is 7.56. The summed E-state index contributed by atoms with van der Waals surface area (Å²) in [5.41, 5.74) is 0.232. The van der Waals surface area contributed by atoms with Crippen molar-refractivity contribution in [2.24, 2.45) is 0 Å². The quantitative estimate of drug-likeness (QED) is 0.873. The number of H-pyrrole nitrogens is 1. The molecule has 0 fully saturated rings. The zero-order valence-electron chi connectivity index (χ0n) is 12.5. The minimum absolute atomic E-state index is 0.0266. The van der Waals surface area contributed by atoms with Gasteiger partial charge in [-0.2, -0.15) is 0 Å². The van der Waals surface area contributed by atoms with Gasteiger partial charge in [0.25, 0.3) is 5.56 Å². The molecule has 1 atom stereocenters. The highest BCUT2D eigenvalue weighted by Crippen LogP contribution is 2.08. The van der Waals surface area contributed by atoms with Crippen molar-refractivity contribution in [1.29, 1.82) is 0 Å². The van der Waals surface area contributed by atoms with Crippen LogP contribution in [0.1, 0.15) is 12.7 Å². The Kier molecular flexibility index (Phi) is 4.32. The Labute approximate surface area is 127 Å². The third-order valence-corrected chi connectivity index (χ3v) is 4.90. The monoisotopic (exact) mass is 323 g/mol. The summed E-state index contributed by atoms with van der Waals surface area (Å²) in [6, 6.07) is 6.86. The highest BCUT2D eigenvalue weighted by Gasteiger charge is 2.26. The topological polar surface area (TPSA) is 100 Å². The van der Waals surface area contributed by atoms with E-state index in [0.717, 1.165) is 6.26 Å². The molecule has 1 aromatic carbocycles. The van der Waals surface area contributed by atoms with Crippen LogP contribution in [-0.2, 0) is 21.2 Å². The molecule has 0 bridgehead atoms. The summed E-state index contributed by atoms with van der Waals surface area (Å²) >= 11 is 0. The zero-order chi connectivity index (χ0) is 16.5. The van der Waals surface area contributed by atoms with Gasteiger partial charge in [-0.1, -0.05) is 12.1 Å². The normalized spacial score (nSPS) is 13.0. The fraction of sp³-hybridized carbons (Fsp3) is 0.357. The molecular formula is C14H17N3O4S. The van der Waals surface area contributed by atoms with Crippen molar-refractivity contribution < 1.29 is 13.2 Å². The third-order valence-electron chi connectivity index (χ3n) is 3.42. The van der Waals surface area contributed by atoms with Crippen molar-refractivity contribution in [3.05, 3.63) is 40.4 Å². The lowest BCUT2D eigenvalue weighted by Gasteiger charge is -2.20. The zero-order valence-corrected chi connectivity index (χ0v) is 13.3. The van der Waals surface area contributed by atoms with E-state index in [4.69, 9.17) is 0 Å². The molecule has 0 saturated heterocycles. The summed E-state index contributed by atoms with van der Waals surface area (Å²) < 4.78 is 22.9. The first-order valence-corrected chi connectivity index (χ1v) is 8.57. The van der Waals surface area contributed by atoms with E-state index in [2.05, 4.69) is 9.97 Å². The maximum atomic E-state index is 12.1. The minimum Gasteiger partial charge on any atom is -0.337 e. The van der Waals surface area contributed by atoms with Crippen LogP contribution in [0.2, 0.25) is 0 Å². The van der Waals surface area contributed by atoms with Gasteiger partial charge in [0.1, 0.15) is 11.1 Å². The number of amides is 1. The molecule has 0 aliphatic rings. The molecule has 1 amide bonds. The first-order chi connectivity index (χ1) is 10.2. The average Bonchev–Trinajstić information content (AvgIpc) is 2.44. The second-order valence-electron chi connectivity index (χ2n) is 5.20. The fourth-order valence-corrected chi connectivity index (χ4v) is 2.55. The lowest BCUT2D eigenvalue weighted by atomic mass is 10.2. The van der Waals surface area contributed by atoms with Crippen molar-refractivity contribution in [2.45, 2.75) is 18.7 Å². The van der Waals surface area contributed by atoms with E-state index >= 15 is 0 Å². The first kappa shape index (κ1) is 16.2. The third kappa shape index (κ3) is 3.33. The Hall–Kier alpha value is -2.22. The SMILES string of the molecule is CC(C(=O)N(C)Cc1nc2ccccc2c(=O)[nH]1)S(C)(=O)=O. The molecule has 0 saturated carbocycles. The Balaban J connectivity index is 2.27. The standard InChI is InChI=1S/C14H17N3O4S/c1-9(22(3,20)21)14(19)17(2)8-12-15-11-7-5-4-6-10(11)13(18)16-12/h4-7,9H,8H2,1-3H3,(H,15,16,18). The second kappa shape index (κ2) is 5.88. The molecule has 0 radical (unpaired) electrons. The van der Waals surface area contributed by atoms with Crippen molar-refractivity contribution in [1.82, 2.24) is 14.9 Å². The highest BCUT2D eigenvalue weighted by molar-refractivity contribution is 7.92. The number of rotatable bonds is 4. The molecule has 0 spiro atoms. The number of aromatic amines is 1. The molecule has 0 aliphatic carbocycles. The van der Waals surface area contributed by atoms with Gasteiger partial charge < -0.3 is 9.88 Å². The van der Waals surface area contributed by atoms with E-state index in [-0.39, 0.29) is 12.1 Å². The van der Waals surface area contributed by atoms with Crippen molar-refractivity contribution in [2.75, 3.05) is 13.3 Å². The van der Waals surface area contributed by atoms with Gasteiger partial charge >= 0.3 is 0 Å². The van der Waals surface area contributed by atoms with Crippen LogP contribution in [0.4, 0.5) is 0 Å². The molecule has 8 heteroatoms. The van der Waals surface area contributed by atoms with E-state index in [1.54, 1.807) is 24.3 Å². The summed E-state index contributed by atoms with van der Waals surface area (Å²) in [7, 11) is -1.99. The Morgan fingerprint density at radius 2 is 2.00 bits per heavy atom. The van der Waals surface area contributed by atoms with Gasteiger partial charge in [0.05, 0.1) is 17.4 Å². The van der Waals surface area contributed by atoms with Crippen LogP contribution in [0.15, 0.2) is 29.1 Å². The molecule has 1 N–H and O–H groups in total. The van der Waals surface area contributed by atoms with E-state index in [1.165, 1.54) is 18.9 Å². The first-order valence-electron chi connectivity index (χ1n) is 6.62. The van der Waals surface area contributed by atoms with Gasteiger partial charge in [-0.3, -0.25) is 9.59 Å². The molecule has 1 unspecified atom stereocenters. The van der Waals surface area contributed by atoms with Crippen LogP contribution in [-0.4, -0.2) is 47.7 Å². The van der Waals surface area contributed by atoms with Crippen molar-refractivity contribution in [3.63, 3.8) is 0 Å². The van der Waals surface area contributed by atoms with Crippen molar-refractivity contribution >= 4 is 26.6 Å². The molecule has 2 aromatic rings. The number of nitrogens with one attached hydrogen (secondary N) is 1. The largest absolute Gasteiger partial charge is 0.337 e. The number of nitrogens with zero attached hydrogens (tertiary/aromatic N) is 2. The molecule has 0 aliphatic heterocycles. The minimum atomic E-state index is -3.47. The summed E-state index contributed by atoms with van der Waals surface area (Å²) in [5, 5.41) is -0.672. The number of fused-ring (bicyclic) bond motifs is 1. The van der Waals surface area contributed by atoms with E-state index in [9.17, 15) is 18.0 Å². The number of aromatic nitrogens is 2. The smallest absolute Gasteiger partial charge is 0.258 e. The number of carbonyl (C=O) groups excluding carboxylic acids is 1. The van der Waals surface area contributed by atoms with Gasteiger partial charge in [-0.25, -0.2) is 13.4 Å².